The largest absolute Gasteiger partial charge is 0.302 e. The molecule has 0 aromatic heterocycles. The first kappa shape index (κ1) is 10.7. The summed E-state index contributed by atoms with van der Waals surface area (Å²) in [6, 6.07) is 9.94. The Kier molecular flexibility index (Phi) is 4.15. The van der Waals surface area contributed by atoms with Crippen LogP contribution in [0.5, 0.6) is 0 Å². The molecule has 1 aromatic rings. The van der Waals surface area contributed by atoms with E-state index in [9.17, 15) is 0 Å². The van der Waals surface area contributed by atoms with Crippen LogP contribution < -0.4 is 0 Å². The molecule has 2 heteroatoms. The molecule has 0 spiro atoms. The van der Waals surface area contributed by atoms with Gasteiger partial charge in [0.2, 0.25) is 0 Å². The highest BCUT2D eigenvalue weighted by molar-refractivity contribution is 5.32. The van der Waals surface area contributed by atoms with Gasteiger partial charge in [0.05, 0.1) is 11.6 Å². The van der Waals surface area contributed by atoms with E-state index in [1.807, 2.05) is 18.2 Å². The second kappa shape index (κ2) is 5.41. The lowest BCUT2D eigenvalue weighted by atomic mass is 10.1. The third kappa shape index (κ3) is 3.20. The Balaban J connectivity index is 2.63. The van der Waals surface area contributed by atoms with Crippen LogP contribution in [0.1, 0.15) is 24.5 Å². The minimum Gasteiger partial charge on any atom is -0.302 e. The second-order valence-electron chi connectivity index (χ2n) is 3.55. The van der Waals surface area contributed by atoms with E-state index in [-0.39, 0.29) is 0 Å². The molecule has 0 fully saturated rings. The van der Waals surface area contributed by atoms with Crippen LogP contribution in [0, 0.1) is 11.3 Å². The number of benzene rings is 1. The van der Waals surface area contributed by atoms with Gasteiger partial charge in [-0.1, -0.05) is 19.1 Å². The summed E-state index contributed by atoms with van der Waals surface area (Å²) in [6.45, 7) is 4.18. The van der Waals surface area contributed by atoms with Crippen molar-refractivity contribution in [1.82, 2.24) is 4.90 Å². The lowest BCUT2D eigenvalue weighted by molar-refractivity contribution is 0.327. The summed E-state index contributed by atoms with van der Waals surface area (Å²) in [5, 5.41) is 8.74. The van der Waals surface area contributed by atoms with Gasteiger partial charge in [0, 0.05) is 6.54 Å². The van der Waals surface area contributed by atoms with Crippen LogP contribution in [-0.4, -0.2) is 18.5 Å². The van der Waals surface area contributed by atoms with Crippen molar-refractivity contribution in [3.05, 3.63) is 35.4 Å². The number of hydrogen-bond donors (Lipinski definition) is 0. The smallest absolute Gasteiger partial charge is 0.0991 e. The highest BCUT2D eigenvalue weighted by Crippen LogP contribution is 2.06. The third-order valence-electron chi connectivity index (χ3n) is 2.11. The Bertz CT molecular complexity index is 325. The van der Waals surface area contributed by atoms with Crippen molar-refractivity contribution in [1.29, 1.82) is 5.26 Å². The SMILES string of the molecule is CCCN(C)Cc1cccc(C#N)c1. The van der Waals surface area contributed by atoms with Crippen LogP contribution >= 0.6 is 0 Å². The molecule has 1 aromatic carbocycles. The topological polar surface area (TPSA) is 27.0 Å². The first-order valence-electron chi connectivity index (χ1n) is 4.94. The number of nitrogens with zero attached hydrogens (tertiary/aromatic N) is 2. The molecule has 0 saturated carbocycles. The normalized spacial score (nSPS) is 10.1. The Morgan fingerprint density at radius 1 is 1.43 bits per heavy atom. The van der Waals surface area contributed by atoms with Crippen LogP contribution in [0.3, 0.4) is 0 Å². The molecule has 74 valence electrons. The van der Waals surface area contributed by atoms with E-state index in [2.05, 4.69) is 31.0 Å². The van der Waals surface area contributed by atoms with Gasteiger partial charge in [-0.15, -0.1) is 0 Å². The molecule has 0 saturated heterocycles. The van der Waals surface area contributed by atoms with E-state index in [4.69, 9.17) is 5.26 Å². The van der Waals surface area contributed by atoms with E-state index in [0.29, 0.717) is 0 Å². The van der Waals surface area contributed by atoms with Crippen LogP contribution in [0.15, 0.2) is 24.3 Å². The molecule has 0 aliphatic heterocycles. The third-order valence-corrected chi connectivity index (χ3v) is 2.11. The fourth-order valence-electron chi connectivity index (χ4n) is 1.51. The molecule has 0 N–H and O–H groups in total. The van der Waals surface area contributed by atoms with Gasteiger partial charge in [-0.3, -0.25) is 0 Å². The summed E-state index contributed by atoms with van der Waals surface area (Å²) in [5.41, 5.74) is 1.95. The summed E-state index contributed by atoms with van der Waals surface area (Å²) in [6.07, 6.45) is 1.16. The molecule has 0 aliphatic rings. The summed E-state index contributed by atoms with van der Waals surface area (Å²) in [5.74, 6) is 0. The van der Waals surface area contributed by atoms with Crippen LogP contribution in [-0.2, 0) is 6.54 Å². The van der Waals surface area contributed by atoms with Crippen LogP contribution in [0.4, 0.5) is 0 Å². The minimum atomic E-state index is 0.743. The van der Waals surface area contributed by atoms with E-state index in [0.717, 1.165) is 25.1 Å². The molecule has 0 atom stereocenters. The number of nitriles is 1. The van der Waals surface area contributed by atoms with Gasteiger partial charge in [-0.25, -0.2) is 0 Å². The Labute approximate surface area is 85.8 Å². The molecule has 0 radical (unpaired) electrons. The van der Waals surface area contributed by atoms with Crippen molar-refractivity contribution in [2.75, 3.05) is 13.6 Å². The predicted molar refractivity (Wildman–Crippen MR) is 57.8 cm³/mol. The standard InChI is InChI=1S/C12H16N2/c1-3-7-14(2)10-12-6-4-5-11(8-12)9-13/h4-6,8H,3,7,10H2,1-2H3. The molecule has 1 rings (SSSR count). The zero-order chi connectivity index (χ0) is 10.4. The maximum absolute atomic E-state index is 8.74. The lowest BCUT2D eigenvalue weighted by Gasteiger charge is -2.15. The van der Waals surface area contributed by atoms with Crippen molar-refractivity contribution in [3.63, 3.8) is 0 Å². The first-order chi connectivity index (χ1) is 6.76. The van der Waals surface area contributed by atoms with Gasteiger partial charge in [0.25, 0.3) is 0 Å². The minimum absolute atomic E-state index is 0.743. The molecular formula is C12H16N2. The molecule has 0 bridgehead atoms. The van der Waals surface area contributed by atoms with Crippen LogP contribution in [0.25, 0.3) is 0 Å². The predicted octanol–water partition coefficient (Wildman–Crippen LogP) is 2.40. The molecular weight excluding hydrogens is 172 g/mol. The van der Waals surface area contributed by atoms with E-state index in [1.54, 1.807) is 0 Å². The average Bonchev–Trinajstić information content (AvgIpc) is 2.18. The monoisotopic (exact) mass is 188 g/mol. The summed E-state index contributed by atoms with van der Waals surface area (Å²) < 4.78 is 0. The fraction of sp³-hybridized carbons (Fsp3) is 0.417. The molecule has 14 heavy (non-hydrogen) atoms. The molecule has 2 nitrogen and oxygen atoms in total. The quantitative estimate of drug-likeness (QED) is 0.725. The van der Waals surface area contributed by atoms with Gasteiger partial charge in [-0.2, -0.15) is 5.26 Å². The maximum atomic E-state index is 8.74. The fourth-order valence-corrected chi connectivity index (χ4v) is 1.51. The Morgan fingerprint density at radius 2 is 2.21 bits per heavy atom. The average molecular weight is 188 g/mol. The number of hydrogen-bond acceptors (Lipinski definition) is 2. The number of rotatable bonds is 4. The first-order valence-corrected chi connectivity index (χ1v) is 4.94. The molecule has 0 amide bonds. The second-order valence-corrected chi connectivity index (χ2v) is 3.55. The lowest BCUT2D eigenvalue weighted by Crippen LogP contribution is -2.18. The van der Waals surface area contributed by atoms with Crippen molar-refractivity contribution in [2.45, 2.75) is 19.9 Å². The van der Waals surface area contributed by atoms with Gasteiger partial charge < -0.3 is 4.90 Å². The van der Waals surface area contributed by atoms with Gasteiger partial charge >= 0.3 is 0 Å². The molecule has 0 aliphatic carbocycles. The highest BCUT2D eigenvalue weighted by Gasteiger charge is 1.99. The molecule has 0 unspecified atom stereocenters. The summed E-state index contributed by atoms with van der Waals surface area (Å²) in [4.78, 5) is 2.26. The van der Waals surface area contributed by atoms with E-state index in [1.165, 1.54) is 5.56 Å². The summed E-state index contributed by atoms with van der Waals surface area (Å²) >= 11 is 0. The zero-order valence-electron chi connectivity index (χ0n) is 8.83. The summed E-state index contributed by atoms with van der Waals surface area (Å²) in [7, 11) is 2.10. The Hall–Kier alpha value is -1.33. The van der Waals surface area contributed by atoms with E-state index >= 15 is 0 Å². The van der Waals surface area contributed by atoms with E-state index < -0.39 is 0 Å². The van der Waals surface area contributed by atoms with Gasteiger partial charge in [-0.05, 0) is 37.7 Å². The van der Waals surface area contributed by atoms with Gasteiger partial charge in [0.1, 0.15) is 0 Å². The van der Waals surface area contributed by atoms with Gasteiger partial charge in [0.15, 0.2) is 0 Å². The van der Waals surface area contributed by atoms with Crippen molar-refractivity contribution in [2.24, 2.45) is 0 Å². The van der Waals surface area contributed by atoms with Crippen molar-refractivity contribution >= 4 is 0 Å². The maximum Gasteiger partial charge on any atom is 0.0991 e. The van der Waals surface area contributed by atoms with Crippen molar-refractivity contribution in [3.8, 4) is 6.07 Å². The van der Waals surface area contributed by atoms with Crippen LogP contribution in [0.2, 0.25) is 0 Å². The Morgan fingerprint density at radius 3 is 2.86 bits per heavy atom. The molecule has 0 heterocycles. The highest BCUT2D eigenvalue weighted by atomic mass is 15.1. The zero-order valence-corrected chi connectivity index (χ0v) is 8.83. The van der Waals surface area contributed by atoms with Crippen molar-refractivity contribution < 1.29 is 0 Å².